The molecule has 0 aliphatic carbocycles. The molecule has 1 aromatic rings. The van der Waals surface area contributed by atoms with Crippen molar-refractivity contribution >= 4 is 21.6 Å². The van der Waals surface area contributed by atoms with Crippen LogP contribution in [0.15, 0.2) is 23.1 Å². The van der Waals surface area contributed by atoms with E-state index >= 15 is 0 Å². The number of sulfonamides is 1. The number of alkyl halides is 3. The molecule has 1 aromatic carbocycles. The normalized spacial score (nSPS) is 22.2. The van der Waals surface area contributed by atoms with Crippen molar-refractivity contribution in [2.45, 2.75) is 36.5 Å². The van der Waals surface area contributed by atoms with Crippen LogP contribution in [0.2, 0.25) is 5.02 Å². The summed E-state index contributed by atoms with van der Waals surface area (Å²) in [5.41, 5.74) is -1.10. The van der Waals surface area contributed by atoms with E-state index in [1.54, 1.807) is 6.92 Å². The van der Waals surface area contributed by atoms with Gasteiger partial charge in [-0.2, -0.15) is 18.4 Å². The Bertz CT molecular complexity index is 746. The van der Waals surface area contributed by atoms with Crippen LogP contribution in [0, 0.1) is 11.5 Å². The molecule has 5 nitrogen and oxygen atoms in total. The van der Waals surface area contributed by atoms with Crippen molar-refractivity contribution in [2.24, 2.45) is 0 Å². The van der Waals surface area contributed by atoms with Crippen LogP contribution in [0.25, 0.3) is 0 Å². The number of nitriles is 1. The molecule has 0 radical (unpaired) electrons. The maximum absolute atomic E-state index is 12.7. The number of hydrogen-bond acceptors (Lipinski definition) is 4. The van der Waals surface area contributed by atoms with Crippen molar-refractivity contribution in [3.05, 3.63) is 28.8 Å². The molecular formula is C13H13ClF3N3O2S. The summed E-state index contributed by atoms with van der Waals surface area (Å²) < 4.78 is 65.2. The van der Waals surface area contributed by atoms with Crippen molar-refractivity contribution < 1.29 is 21.6 Å². The van der Waals surface area contributed by atoms with E-state index in [0.29, 0.717) is 12.5 Å². The Kier molecular flexibility index (Phi) is 4.80. The van der Waals surface area contributed by atoms with E-state index in [2.05, 4.69) is 4.72 Å². The third kappa shape index (κ3) is 3.88. The summed E-state index contributed by atoms with van der Waals surface area (Å²) in [5, 5.41) is 8.59. The number of nitrogens with zero attached hydrogens (tertiary/aromatic N) is 2. The van der Waals surface area contributed by atoms with Gasteiger partial charge in [-0.05, 0) is 31.5 Å². The summed E-state index contributed by atoms with van der Waals surface area (Å²) in [7, 11) is -4.23. The van der Waals surface area contributed by atoms with Gasteiger partial charge in [0.2, 0.25) is 10.0 Å². The summed E-state index contributed by atoms with van der Waals surface area (Å²) >= 11 is 5.75. The maximum atomic E-state index is 12.7. The van der Waals surface area contributed by atoms with Crippen LogP contribution in [0.4, 0.5) is 13.2 Å². The fraction of sp³-hybridized carbons (Fsp3) is 0.462. The largest absolute Gasteiger partial charge is 0.416 e. The minimum Gasteiger partial charge on any atom is -0.306 e. The van der Waals surface area contributed by atoms with Gasteiger partial charge in [-0.1, -0.05) is 11.6 Å². The van der Waals surface area contributed by atoms with Crippen LogP contribution in [0.5, 0.6) is 0 Å². The van der Waals surface area contributed by atoms with Crippen molar-refractivity contribution in [3.63, 3.8) is 0 Å². The molecule has 23 heavy (non-hydrogen) atoms. The van der Waals surface area contributed by atoms with Crippen LogP contribution in [-0.2, 0) is 16.2 Å². The molecule has 1 fully saturated rings. The molecule has 0 bridgehead atoms. The zero-order valence-corrected chi connectivity index (χ0v) is 13.5. The highest BCUT2D eigenvalue weighted by molar-refractivity contribution is 7.89. The molecule has 0 spiro atoms. The van der Waals surface area contributed by atoms with Crippen LogP contribution in [-0.4, -0.2) is 31.9 Å². The average molecular weight is 368 g/mol. The summed E-state index contributed by atoms with van der Waals surface area (Å²) in [6.45, 7) is 1.92. The van der Waals surface area contributed by atoms with Crippen molar-refractivity contribution in [1.29, 1.82) is 5.26 Å². The lowest BCUT2D eigenvalue weighted by molar-refractivity contribution is -0.137. The Balaban J connectivity index is 2.29. The van der Waals surface area contributed by atoms with Crippen LogP contribution in [0.1, 0.15) is 18.9 Å². The highest BCUT2D eigenvalue weighted by atomic mass is 35.5. The smallest absolute Gasteiger partial charge is 0.306 e. The predicted molar refractivity (Wildman–Crippen MR) is 77.0 cm³/mol. The standard InChI is InChI=1S/C13H13ClF3N3O2S/c1-8-4-10(6-20(8)7-18)19-23(21,22)12-5-9(13(15,16)17)2-3-11(12)14/h2-3,5,8,10,19H,4,6H2,1H3. The third-order valence-corrected chi connectivity index (χ3v) is 5.58. The fourth-order valence-corrected chi connectivity index (χ4v) is 4.19. The van der Waals surface area contributed by atoms with Gasteiger partial charge in [-0.3, -0.25) is 0 Å². The van der Waals surface area contributed by atoms with E-state index in [0.717, 1.165) is 12.1 Å². The van der Waals surface area contributed by atoms with Gasteiger partial charge in [0.15, 0.2) is 6.19 Å². The van der Waals surface area contributed by atoms with Gasteiger partial charge in [-0.25, -0.2) is 13.1 Å². The van der Waals surface area contributed by atoms with Crippen molar-refractivity contribution in [2.75, 3.05) is 6.54 Å². The van der Waals surface area contributed by atoms with Crippen LogP contribution in [0.3, 0.4) is 0 Å². The monoisotopic (exact) mass is 367 g/mol. The molecular weight excluding hydrogens is 355 g/mol. The SMILES string of the molecule is CC1CC(NS(=O)(=O)c2cc(C(F)(F)F)ccc2Cl)CN1C#N. The minimum atomic E-state index is -4.67. The molecule has 2 atom stereocenters. The Morgan fingerprint density at radius 1 is 1.43 bits per heavy atom. The van der Waals surface area contributed by atoms with E-state index < -0.39 is 32.7 Å². The molecule has 1 saturated heterocycles. The second-order valence-electron chi connectivity index (χ2n) is 5.30. The minimum absolute atomic E-state index is 0.148. The van der Waals surface area contributed by atoms with E-state index in [9.17, 15) is 21.6 Å². The number of benzene rings is 1. The molecule has 1 N–H and O–H groups in total. The first kappa shape index (κ1) is 17.8. The Hall–Kier alpha value is -1.50. The van der Waals surface area contributed by atoms with Crippen molar-refractivity contribution in [1.82, 2.24) is 9.62 Å². The van der Waals surface area contributed by atoms with Crippen LogP contribution < -0.4 is 4.72 Å². The molecule has 0 amide bonds. The lowest BCUT2D eigenvalue weighted by Crippen LogP contribution is -2.36. The molecule has 1 aliphatic heterocycles. The first-order valence-corrected chi connectivity index (χ1v) is 8.46. The van der Waals surface area contributed by atoms with Gasteiger partial charge in [0.25, 0.3) is 0 Å². The highest BCUT2D eigenvalue weighted by Gasteiger charge is 2.35. The topological polar surface area (TPSA) is 73.2 Å². The summed E-state index contributed by atoms with van der Waals surface area (Å²) in [6.07, 6.45) is -2.36. The van der Waals surface area contributed by atoms with Gasteiger partial charge >= 0.3 is 6.18 Å². The molecule has 126 valence electrons. The molecule has 2 unspecified atom stereocenters. The van der Waals surface area contributed by atoms with Gasteiger partial charge in [0, 0.05) is 18.6 Å². The second kappa shape index (κ2) is 6.19. The summed E-state index contributed by atoms with van der Waals surface area (Å²) in [5.74, 6) is 0. The number of rotatable bonds is 3. The van der Waals surface area contributed by atoms with Gasteiger partial charge in [0.05, 0.1) is 10.6 Å². The zero-order chi connectivity index (χ0) is 17.4. The Labute approximate surface area is 136 Å². The lowest BCUT2D eigenvalue weighted by Gasteiger charge is -2.15. The molecule has 1 heterocycles. The number of nitrogens with one attached hydrogen (secondary N) is 1. The molecule has 0 saturated carbocycles. The summed E-state index contributed by atoms with van der Waals surface area (Å²) in [6, 6.07) is 1.41. The van der Waals surface area contributed by atoms with Gasteiger partial charge in [-0.15, -0.1) is 0 Å². The van der Waals surface area contributed by atoms with E-state index in [4.69, 9.17) is 16.9 Å². The van der Waals surface area contributed by atoms with E-state index in [-0.39, 0.29) is 17.6 Å². The Morgan fingerprint density at radius 3 is 2.61 bits per heavy atom. The Morgan fingerprint density at radius 2 is 2.09 bits per heavy atom. The average Bonchev–Trinajstić information content (AvgIpc) is 2.76. The fourth-order valence-electron chi connectivity index (χ4n) is 2.42. The molecule has 10 heteroatoms. The highest BCUT2D eigenvalue weighted by Crippen LogP contribution is 2.33. The number of halogens is 4. The van der Waals surface area contributed by atoms with E-state index in [1.165, 1.54) is 4.90 Å². The third-order valence-electron chi connectivity index (χ3n) is 3.57. The first-order valence-electron chi connectivity index (χ1n) is 6.60. The number of likely N-dealkylation sites (tertiary alicyclic amines) is 1. The maximum Gasteiger partial charge on any atom is 0.416 e. The lowest BCUT2D eigenvalue weighted by atomic mass is 10.2. The van der Waals surface area contributed by atoms with Gasteiger partial charge in [0.1, 0.15) is 4.90 Å². The number of hydrogen-bond donors (Lipinski definition) is 1. The van der Waals surface area contributed by atoms with E-state index in [1.807, 2.05) is 6.19 Å². The van der Waals surface area contributed by atoms with Crippen molar-refractivity contribution in [3.8, 4) is 6.19 Å². The zero-order valence-electron chi connectivity index (χ0n) is 11.9. The van der Waals surface area contributed by atoms with Crippen LogP contribution >= 0.6 is 11.6 Å². The first-order chi connectivity index (χ1) is 10.5. The molecule has 0 aromatic heterocycles. The predicted octanol–water partition coefficient (Wildman–Crippen LogP) is 2.58. The quantitative estimate of drug-likeness (QED) is 0.833. The molecule has 1 aliphatic rings. The molecule has 2 rings (SSSR count). The summed E-state index contributed by atoms with van der Waals surface area (Å²) in [4.78, 5) is 0.776. The van der Waals surface area contributed by atoms with Gasteiger partial charge < -0.3 is 4.90 Å². The second-order valence-corrected chi connectivity index (χ2v) is 7.39.